The number of carbonyl (C=O) groups is 2. The molecule has 0 fully saturated rings. The van der Waals surface area contributed by atoms with Crippen molar-refractivity contribution in [1.29, 1.82) is 0 Å². The van der Waals surface area contributed by atoms with Gasteiger partial charge >= 0.3 is 5.71 Å². The van der Waals surface area contributed by atoms with Gasteiger partial charge in [0, 0.05) is 23.0 Å². The Morgan fingerprint density at radius 1 is 0.963 bits per heavy atom. The van der Waals surface area contributed by atoms with Crippen LogP contribution in [0.4, 0.5) is 0 Å². The topological polar surface area (TPSA) is 70.5 Å². The van der Waals surface area contributed by atoms with Crippen molar-refractivity contribution in [3.05, 3.63) is 77.3 Å². The van der Waals surface area contributed by atoms with Crippen LogP contribution in [0.15, 0.2) is 60.7 Å². The largest absolute Gasteiger partial charge is 0.405 e. The zero-order valence-corrected chi connectivity index (χ0v) is 15.6. The van der Waals surface area contributed by atoms with Crippen molar-refractivity contribution < 1.29 is 14.4 Å². The molecule has 0 atom stereocenters. The van der Waals surface area contributed by atoms with E-state index in [-0.39, 0.29) is 6.42 Å². The van der Waals surface area contributed by atoms with Gasteiger partial charge < -0.3 is 5.53 Å². The maximum atomic E-state index is 12.8. The molecule has 0 spiro atoms. The first kappa shape index (κ1) is 20.0. The molecule has 4 heteroatoms. The third-order valence-corrected chi connectivity index (χ3v) is 4.71. The van der Waals surface area contributed by atoms with Crippen molar-refractivity contribution in [2.24, 2.45) is 5.41 Å². The van der Waals surface area contributed by atoms with E-state index >= 15 is 0 Å². The summed E-state index contributed by atoms with van der Waals surface area (Å²) >= 11 is 0. The Morgan fingerprint density at radius 2 is 1.52 bits per heavy atom. The van der Waals surface area contributed by atoms with Crippen LogP contribution in [-0.4, -0.2) is 22.1 Å². The van der Waals surface area contributed by atoms with Gasteiger partial charge in [-0.05, 0) is 25.0 Å². The molecular formula is C23H22N2O2. The molecule has 136 valence electrons. The fraction of sp³-hybridized carbons (Fsp3) is 0.261. The molecule has 2 rings (SSSR count). The Bertz CT molecular complexity index is 911. The van der Waals surface area contributed by atoms with Gasteiger partial charge in [0.2, 0.25) is 5.78 Å². The monoisotopic (exact) mass is 358 g/mol. The van der Waals surface area contributed by atoms with Gasteiger partial charge in [0.1, 0.15) is 0 Å². The summed E-state index contributed by atoms with van der Waals surface area (Å²) in [5, 5.41) is 0. The van der Waals surface area contributed by atoms with Gasteiger partial charge in [-0.1, -0.05) is 74.2 Å². The summed E-state index contributed by atoms with van der Waals surface area (Å²) in [6, 6.07) is 17.9. The highest BCUT2D eigenvalue weighted by Crippen LogP contribution is 2.30. The van der Waals surface area contributed by atoms with Crippen LogP contribution in [0.5, 0.6) is 0 Å². The van der Waals surface area contributed by atoms with Crippen LogP contribution >= 0.6 is 0 Å². The number of hydrogen-bond acceptors (Lipinski definition) is 2. The Kier molecular flexibility index (Phi) is 7.00. The molecule has 0 aliphatic carbocycles. The molecule has 0 N–H and O–H groups in total. The molecule has 27 heavy (non-hydrogen) atoms. The molecule has 0 aliphatic heterocycles. The minimum atomic E-state index is -0.583. The number of carbonyl (C=O) groups excluding carboxylic acids is 2. The molecule has 0 heterocycles. The van der Waals surface area contributed by atoms with Gasteiger partial charge in [-0.25, -0.2) is 0 Å². The van der Waals surface area contributed by atoms with Crippen LogP contribution in [0.3, 0.4) is 0 Å². The highest BCUT2D eigenvalue weighted by Gasteiger charge is 2.36. The second kappa shape index (κ2) is 9.43. The summed E-state index contributed by atoms with van der Waals surface area (Å²) in [6.07, 6.45) is 1.32. The van der Waals surface area contributed by atoms with Crippen LogP contribution in [0.2, 0.25) is 0 Å². The number of nitrogens with zero attached hydrogens (tertiary/aromatic N) is 2. The second-order valence-electron chi connectivity index (χ2n) is 6.35. The van der Waals surface area contributed by atoms with Crippen LogP contribution in [0.1, 0.15) is 49.0 Å². The average molecular weight is 358 g/mol. The van der Waals surface area contributed by atoms with E-state index in [0.717, 1.165) is 5.56 Å². The highest BCUT2D eigenvalue weighted by molar-refractivity contribution is 6.67. The van der Waals surface area contributed by atoms with E-state index in [1.54, 1.807) is 30.3 Å². The maximum absolute atomic E-state index is 12.8. The third kappa shape index (κ3) is 5.10. The number of rotatable bonds is 7. The fourth-order valence-electron chi connectivity index (χ4n) is 2.79. The predicted octanol–water partition coefficient (Wildman–Crippen LogP) is 4.36. The van der Waals surface area contributed by atoms with Gasteiger partial charge in [-0.2, -0.15) is 4.79 Å². The molecule has 0 bridgehead atoms. The van der Waals surface area contributed by atoms with E-state index in [9.17, 15) is 15.1 Å². The smallest absolute Gasteiger partial charge is 0.360 e. The lowest BCUT2D eigenvalue weighted by Gasteiger charge is -2.23. The van der Waals surface area contributed by atoms with Gasteiger partial charge in [0.25, 0.3) is 5.78 Å². The molecule has 0 aliphatic rings. The number of Topliss-reactive ketones (excluding diaryl/α,β-unsaturated/α-hetero) is 2. The summed E-state index contributed by atoms with van der Waals surface area (Å²) in [5.74, 6) is 5.25. The number of ketones is 2. The minimum absolute atomic E-state index is 0.0256. The molecule has 0 aromatic heterocycles. The zero-order chi connectivity index (χ0) is 19.7. The molecule has 0 unspecified atom stereocenters. The Hall–Kier alpha value is -3.28. The van der Waals surface area contributed by atoms with E-state index in [2.05, 4.69) is 16.6 Å². The van der Waals surface area contributed by atoms with Crippen LogP contribution < -0.4 is 0 Å². The molecule has 2 aromatic rings. The molecule has 0 amide bonds. The molecule has 0 radical (unpaired) electrons. The highest BCUT2D eigenvalue weighted by atomic mass is 16.2. The van der Waals surface area contributed by atoms with Crippen LogP contribution in [0.25, 0.3) is 5.53 Å². The lowest BCUT2D eigenvalue weighted by Crippen LogP contribution is -2.31. The van der Waals surface area contributed by atoms with Crippen molar-refractivity contribution >= 4 is 17.3 Å². The summed E-state index contributed by atoms with van der Waals surface area (Å²) in [7, 11) is 0. The standard InChI is InChI=1S/C23H22N2O2/c1-3-23(4-2,16-15-18-11-7-5-8-12-18)17-20(26)21(25-24)22(27)19-13-9-6-10-14-19/h5-14H,3-4,17H2,1-2H3. The SMILES string of the molecule is CCC(C#Cc1ccccc1)(CC)CC(=O)C(=[N+]=[N-])C(=O)c1ccccc1. The van der Waals surface area contributed by atoms with E-state index in [1.807, 2.05) is 44.2 Å². The van der Waals surface area contributed by atoms with E-state index in [0.29, 0.717) is 18.4 Å². The Morgan fingerprint density at radius 3 is 2.04 bits per heavy atom. The first-order valence-electron chi connectivity index (χ1n) is 8.98. The van der Waals surface area contributed by atoms with Crippen molar-refractivity contribution in [1.82, 2.24) is 0 Å². The Labute approximate surface area is 159 Å². The summed E-state index contributed by atoms with van der Waals surface area (Å²) in [4.78, 5) is 28.3. The van der Waals surface area contributed by atoms with Crippen molar-refractivity contribution in [2.75, 3.05) is 0 Å². The molecular weight excluding hydrogens is 336 g/mol. The molecule has 4 nitrogen and oxygen atoms in total. The molecule has 2 aromatic carbocycles. The zero-order valence-electron chi connectivity index (χ0n) is 15.6. The van der Waals surface area contributed by atoms with Crippen LogP contribution in [0, 0.1) is 17.3 Å². The summed E-state index contributed by atoms with van der Waals surface area (Å²) in [6.45, 7) is 3.93. The minimum Gasteiger partial charge on any atom is -0.360 e. The van der Waals surface area contributed by atoms with Crippen LogP contribution in [-0.2, 0) is 4.79 Å². The van der Waals surface area contributed by atoms with Gasteiger partial charge in [0.05, 0.1) is 0 Å². The predicted molar refractivity (Wildman–Crippen MR) is 105 cm³/mol. The van der Waals surface area contributed by atoms with Crippen molar-refractivity contribution in [3.8, 4) is 11.8 Å². The Balaban J connectivity index is 2.27. The molecule has 0 saturated heterocycles. The summed E-state index contributed by atoms with van der Waals surface area (Å²) < 4.78 is 0. The van der Waals surface area contributed by atoms with Gasteiger partial charge in [-0.3, -0.25) is 9.59 Å². The average Bonchev–Trinajstić information content (AvgIpc) is 2.73. The molecule has 0 saturated carbocycles. The first-order valence-corrected chi connectivity index (χ1v) is 8.98. The van der Waals surface area contributed by atoms with E-state index in [1.165, 1.54) is 0 Å². The second-order valence-corrected chi connectivity index (χ2v) is 6.35. The van der Waals surface area contributed by atoms with Gasteiger partial charge in [0.15, 0.2) is 0 Å². The van der Waals surface area contributed by atoms with E-state index < -0.39 is 22.7 Å². The fourth-order valence-corrected chi connectivity index (χ4v) is 2.79. The normalized spacial score (nSPS) is 10.3. The van der Waals surface area contributed by atoms with Crippen molar-refractivity contribution in [3.63, 3.8) is 0 Å². The van der Waals surface area contributed by atoms with Gasteiger partial charge in [-0.15, -0.1) is 0 Å². The summed E-state index contributed by atoms with van der Waals surface area (Å²) in [5.41, 5.74) is 9.44. The van der Waals surface area contributed by atoms with Crippen molar-refractivity contribution in [2.45, 2.75) is 33.1 Å². The quantitative estimate of drug-likeness (QED) is 0.184. The number of benzene rings is 2. The third-order valence-electron chi connectivity index (χ3n) is 4.71. The maximum Gasteiger partial charge on any atom is 0.405 e. The lowest BCUT2D eigenvalue weighted by atomic mass is 9.77. The van der Waals surface area contributed by atoms with E-state index in [4.69, 9.17) is 0 Å². The first-order chi connectivity index (χ1) is 13.0. The number of hydrogen-bond donors (Lipinski definition) is 0. The lowest BCUT2D eigenvalue weighted by molar-refractivity contribution is -0.118.